The summed E-state index contributed by atoms with van der Waals surface area (Å²) in [4.78, 5) is 4.94. The number of nitrogens with two attached hydrogens (primary N) is 1. The first-order valence-corrected chi connectivity index (χ1v) is 4.92. The van der Waals surface area contributed by atoms with Crippen molar-refractivity contribution in [1.29, 1.82) is 0 Å². The molecule has 0 bridgehead atoms. The number of piperazine rings is 1. The van der Waals surface area contributed by atoms with Crippen LogP contribution in [0.25, 0.3) is 0 Å². The van der Waals surface area contributed by atoms with Crippen molar-refractivity contribution in [1.82, 2.24) is 9.80 Å². The molecule has 0 saturated carbocycles. The second-order valence-electron chi connectivity index (χ2n) is 3.71. The van der Waals surface area contributed by atoms with Gasteiger partial charge in [-0.1, -0.05) is 6.92 Å². The van der Waals surface area contributed by atoms with Gasteiger partial charge in [0.1, 0.15) is 0 Å². The standard InChI is InChI=1S/C9H21N3/c1-3-11-4-6-12(7-5-11)8-9(2)10/h9H,3-8,10H2,1-2H3/t9-/m0/s1. The molecule has 72 valence electrons. The van der Waals surface area contributed by atoms with E-state index in [1.54, 1.807) is 0 Å². The van der Waals surface area contributed by atoms with Gasteiger partial charge in [-0.05, 0) is 13.5 Å². The average Bonchev–Trinajstić information content (AvgIpc) is 2.05. The third kappa shape index (κ3) is 3.09. The third-order valence-electron chi connectivity index (χ3n) is 2.46. The Morgan fingerprint density at radius 1 is 1.17 bits per heavy atom. The van der Waals surface area contributed by atoms with Crippen molar-refractivity contribution in [3.63, 3.8) is 0 Å². The van der Waals surface area contributed by atoms with Gasteiger partial charge in [0.25, 0.3) is 0 Å². The van der Waals surface area contributed by atoms with E-state index in [0.717, 1.165) is 6.54 Å². The molecule has 3 heteroatoms. The van der Waals surface area contributed by atoms with Crippen LogP contribution in [0.4, 0.5) is 0 Å². The predicted octanol–water partition coefficient (Wildman–Crippen LogP) is -0.0289. The second kappa shape index (κ2) is 4.80. The molecule has 0 aromatic rings. The Labute approximate surface area is 75.5 Å². The SMILES string of the molecule is CCN1CCN(C[C@H](C)N)CC1. The van der Waals surface area contributed by atoms with Crippen molar-refractivity contribution >= 4 is 0 Å². The molecule has 0 unspecified atom stereocenters. The number of nitrogens with zero attached hydrogens (tertiary/aromatic N) is 2. The Bertz CT molecular complexity index is 117. The maximum Gasteiger partial charge on any atom is 0.0139 e. The molecule has 1 aliphatic heterocycles. The summed E-state index contributed by atoms with van der Waals surface area (Å²) in [5.41, 5.74) is 5.74. The van der Waals surface area contributed by atoms with Gasteiger partial charge in [0.2, 0.25) is 0 Å². The van der Waals surface area contributed by atoms with Crippen LogP contribution in [-0.2, 0) is 0 Å². The van der Waals surface area contributed by atoms with Crippen LogP contribution >= 0.6 is 0 Å². The summed E-state index contributed by atoms with van der Waals surface area (Å²) in [6, 6.07) is 0.318. The van der Waals surface area contributed by atoms with Crippen LogP contribution in [-0.4, -0.2) is 55.1 Å². The third-order valence-corrected chi connectivity index (χ3v) is 2.46. The normalized spacial score (nSPS) is 24.2. The van der Waals surface area contributed by atoms with E-state index in [-0.39, 0.29) is 0 Å². The summed E-state index contributed by atoms with van der Waals surface area (Å²) >= 11 is 0. The van der Waals surface area contributed by atoms with Crippen molar-refractivity contribution in [3.05, 3.63) is 0 Å². The topological polar surface area (TPSA) is 32.5 Å². The van der Waals surface area contributed by atoms with Crippen molar-refractivity contribution in [2.24, 2.45) is 5.73 Å². The van der Waals surface area contributed by atoms with E-state index in [1.165, 1.54) is 32.7 Å². The van der Waals surface area contributed by atoms with E-state index >= 15 is 0 Å². The fourth-order valence-corrected chi connectivity index (χ4v) is 1.70. The van der Waals surface area contributed by atoms with E-state index < -0.39 is 0 Å². The quantitative estimate of drug-likeness (QED) is 0.647. The number of hydrogen-bond acceptors (Lipinski definition) is 3. The monoisotopic (exact) mass is 171 g/mol. The highest BCUT2D eigenvalue weighted by Gasteiger charge is 2.15. The van der Waals surface area contributed by atoms with Gasteiger partial charge in [0.05, 0.1) is 0 Å². The molecule has 0 radical (unpaired) electrons. The van der Waals surface area contributed by atoms with Crippen LogP contribution in [0.1, 0.15) is 13.8 Å². The first-order valence-electron chi connectivity index (χ1n) is 4.92. The molecule has 1 atom stereocenters. The van der Waals surface area contributed by atoms with Gasteiger partial charge >= 0.3 is 0 Å². The lowest BCUT2D eigenvalue weighted by atomic mass is 10.2. The molecule has 12 heavy (non-hydrogen) atoms. The molecule has 1 heterocycles. The van der Waals surface area contributed by atoms with Crippen LogP contribution in [0, 0.1) is 0 Å². The fourth-order valence-electron chi connectivity index (χ4n) is 1.70. The Balaban J connectivity index is 2.17. The zero-order valence-electron chi connectivity index (χ0n) is 8.29. The zero-order chi connectivity index (χ0) is 8.97. The lowest BCUT2D eigenvalue weighted by Crippen LogP contribution is -2.49. The average molecular weight is 171 g/mol. The fraction of sp³-hybridized carbons (Fsp3) is 1.00. The molecule has 0 amide bonds. The van der Waals surface area contributed by atoms with Crippen molar-refractivity contribution in [2.45, 2.75) is 19.9 Å². The molecule has 1 fully saturated rings. The number of hydrogen-bond donors (Lipinski definition) is 1. The molecule has 0 spiro atoms. The number of likely N-dealkylation sites (N-methyl/N-ethyl adjacent to an activating group) is 1. The summed E-state index contributed by atoms with van der Waals surface area (Å²) in [6.07, 6.45) is 0. The van der Waals surface area contributed by atoms with Gasteiger partial charge in [0, 0.05) is 38.8 Å². The van der Waals surface area contributed by atoms with E-state index in [0.29, 0.717) is 6.04 Å². The molecular formula is C9H21N3. The maximum atomic E-state index is 5.74. The van der Waals surface area contributed by atoms with Gasteiger partial charge < -0.3 is 10.6 Å². The minimum atomic E-state index is 0.318. The van der Waals surface area contributed by atoms with Crippen LogP contribution in [0.5, 0.6) is 0 Å². The molecule has 1 saturated heterocycles. The lowest BCUT2D eigenvalue weighted by molar-refractivity contribution is 0.133. The zero-order valence-corrected chi connectivity index (χ0v) is 8.29. The van der Waals surface area contributed by atoms with E-state index in [2.05, 4.69) is 23.6 Å². The van der Waals surface area contributed by atoms with E-state index in [1.807, 2.05) is 0 Å². The van der Waals surface area contributed by atoms with Crippen LogP contribution in [0.15, 0.2) is 0 Å². The minimum Gasteiger partial charge on any atom is -0.327 e. The lowest BCUT2D eigenvalue weighted by Gasteiger charge is -2.34. The van der Waals surface area contributed by atoms with E-state index in [9.17, 15) is 0 Å². The van der Waals surface area contributed by atoms with Gasteiger partial charge in [0.15, 0.2) is 0 Å². The Hall–Kier alpha value is -0.120. The van der Waals surface area contributed by atoms with Crippen molar-refractivity contribution in [3.8, 4) is 0 Å². The Morgan fingerprint density at radius 3 is 2.08 bits per heavy atom. The largest absolute Gasteiger partial charge is 0.327 e. The summed E-state index contributed by atoms with van der Waals surface area (Å²) in [5.74, 6) is 0. The molecule has 0 aliphatic carbocycles. The van der Waals surface area contributed by atoms with Crippen LogP contribution in [0.3, 0.4) is 0 Å². The second-order valence-corrected chi connectivity index (χ2v) is 3.71. The molecule has 2 N–H and O–H groups in total. The predicted molar refractivity (Wildman–Crippen MR) is 52.2 cm³/mol. The first-order chi connectivity index (χ1) is 5.72. The van der Waals surface area contributed by atoms with E-state index in [4.69, 9.17) is 5.73 Å². The molecular weight excluding hydrogens is 150 g/mol. The van der Waals surface area contributed by atoms with Gasteiger partial charge in [-0.15, -0.1) is 0 Å². The highest BCUT2D eigenvalue weighted by atomic mass is 15.3. The first kappa shape index (κ1) is 9.96. The molecule has 0 aromatic carbocycles. The van der Waals surface area contributed by atoms with Crippen molar-refractivity contribution in [2.75, 3.05) is 39.3 Å². The maximum absolute atomic E-state index is 5.74. The van der Waals surface area contributed by atoms with Gasteiger partial charge in [-0.3, -0.25) is 4.90 Å². The smallest absolute Gasteiger partial charge is 0.0139 e. The van der Waals surface area contributed by atoms with Crippen molar-refractivity contribution < 1.29 is 0 Å². The van der Waals surface area contributed by atoms with Gasteiger partial charge in [-0.25, -0.2) is 0 Å². The van der Waals surface area contributed by atoms with Crippen LogP contribution in [0.2, 0.25) is 0 Å². The summed E-state index contributed by atoms with van der Waals surface area (Å²) in [5, 5.41) is 0. The highest BCUT2D eigenvalue weighted by Crippen LogP contribution is 2.00. The molecule has 3 nitrogen and oxygen atoms in total. The molecule has 0 aromatic heterocycles. The Morgan fingerprint density at radius 2 is 1.67 bits per heavy atom. The summed E-state index contributed by atoms with van der Waals surface area (Å²) in [6.45, 7) is 11.3. The van der Waals surface area contributed by atoms with Gasteiger partial charge in [-0.2, -0.15) is 0 Å². The molecule has 1 rings (SSSR count). The minimum absolute atomic E-state index is 0.318. The van der Waals surface area contributed by atoms with Crippen LogP contribution < -0.4 is 5.73 Å². The summed E-state index contributed by atoms with van der Waals surface area (Å²) < 4.78 is 0. The number of rotatable bonds is 3. The molecule has 1 aliphatic rings. The summed E-state index contributed by atoms with van der Waals surface area (Å²) in [7, 11) is 0. The Kier molecular flexibility index (Phi) is 3.98. The highest BCUT2D eigenvalue weighted by molar-refractivity contribution is 4.73.